The molecule has 6 nitrogen and oxygen atoms in total. The fraction of sp³-hybridized carbons (Fsp3) is 0.304. The number of hydrogen-bond donors (Lipinski definition) is 0. The first-order valence-electron chi connectivity index (χ1n) is 10.2. The highest BCUT2D eigenvalue weighted by Crippen LogP contribution is 2.39. The highest BCUT2D eigenvalue weighted by Gasteiger charge is 2.38. The van der Waals surface area contributed by atoms with Gasteiger partial charge in [0.1, 0.15) is 0 Å². The van der Waals surface area contributed by atoms with Crippen LogP contribution in [0.2, 0.25) is 5.02 Å². The van der Waals surface area contributed by atoms with Gasteiger partial charge in [-0.15, -0.1) is 0 Å². The van der Waals surface area contributed by atoms with Gasteiger partial charge in [0.2, 0.25) is 0 Å². The molecule has 2 aliphatic rings. The van der Waals surface area contributed by atoms with Crippen molar-refractivity contribution < 1.29 is 14.3 Å². The zero-order valence-corrected chi connectivity index (χ0v) is 18.7. The number of carbonyl (C=O) groups excluding carboxylic acids is 2. The minimum Gasteiger partial charge on any atom is -0.465 e. The molecule has 160 valence electrons. The van der Waals surface area contributed by atoms with Gasteiger partial charge < -0.3 is 4.74 Å². The maximum Gasteiger partial charge on any atom is 0.337 e. The van der Waals surface area contributed by atoms with Gasteiger partial charge in [0.15, 0.2) is 5.17 Å². The van der Waals surface area contributed by atoms with Crippen LogP contribution in [0, 0.1) is 0 Å². The van der Waals surface area contributed by atoms with E-state index >= 15 is 0 Å². The Bertz CT molecular complexity index is 1050. The summed E-state index contributed by atoms with van der Waals surface area (Å²) < 4.78 is 4.74. The van der Waals surface area contributed by atoms with E-state index in [9.17, 15) is 9.59 Å². The summed E-state index contributed by atoms with van der Waals surface area (Å²) in [6.07, 6.45) is 10.4. The number of amides is 1. The zero-order chi connectivity index (χ0) is 21.8. The summed E-state index contributed by atoms with van der Waals surface area (Å²) in [5.41, 5.74) is 1.89. The molecule has 31 heavy (non-hydrogen) atoms. The van der Waals surface area contributed by atoms with Gasteiger partial charge >= 0.3 is 5.97 Å². The Morgan fingerprint density at radius 2 is 1.97 bits per heavy atom. The topological polar surface area (TPSA) is 71.9 Å². The molecule has 1 aliphatic heterocycles. The van der Waals surface area contributed by atoms with Gasteiger partial charge in [-0.1, -0.05) is 43.0 Å². The van der Waals surface area contributed by atoms with Gasteiger partial charge in [0.05, 0.1) is 28.3 Å². The molecule has 1 amide bonds. The zero-order valence-electron chi connectivity index (χ0n) is 17.1. The third-order valence-electron chi connectivity index (χ3n) is 5.37. The third-order valence-corrected chi connectivity index (χ3v) is 6.65. The Labute approximate surface area is 190 Å². The number of nitrogens with zero attached hydrogens (tertiary/aromatic N) is 3. The van der Waals surface area contributed by atoms with E-state index < -0.39 is 5.97 Å². The molecule has 2 fully saturated rings. The number of hydrogen-bond acceptors (Lipinski definition) is 6. The summed E-state index contributed by atoms with van der Waals surface area (Å²) in [6, 6.07) is 8.85. The van der Waals surface area contributed by atoms with Crippen LogP contribution in [-0.2, 0) is 9.53 Å². The van der Waals surface area contributed by atoms with Crippen LogP contribution in [0.5, 0.6) is 0 Å². The highest BCUT2D eigenvalue weighted by molar-refractivity contribution is 8.18. The van der Waals surface area contributed by atoms with Gasteiger partial charge in [-0.2, -0.15) is 0 Å². The largest absolute Gasteiger partial charge is 0.465 e. The molecule has 1 aromatic heterocycles. The van der Waals surface area contributed by atoms with Crippen molar-refractivity contribution in [3.05, 3.63) is 63.8 Å². The number of methoxy groups -OCH3 is 1. The fourth-order valence-corrected chi connectivity index (χ4v) is 4.99. The molecular formula is C23H22ClN3O3S. The van der Waals surface area contributed by atoms with Crippen LogP contribution in [0.15, 0.2) is 52.6 Å². The predicted molar refractivity (Wildman–Crippen MR) is 123 cm³/mol. The molecule has 1 aliphatic carbocycles. The summed E-state index contributed by atoms with van der Waals surface area (Å²) in [5, 5.41) is 1.09. The number of benzene rings is 1. The second-order valence-corrected chi connectivity index (χ2v) is 8.83. The molecule has 1 saturated heterocycles. The average molecular weight is 456 g/mol. The van der Waals surface area contributed by atoms with Crippen molar-refractivity contribution in [2.24, 2.45) is 4.99 Å². The Hall–Kier alpha value is -2.64. The molecule has 4 rings (SSSR count). The van der Waals surface area contributed by atoms with E-state index in [1.54, 1.807) is 42.7 Å². The Morgan fingerprint density at radius 1 is 1.23 bits per heavy atom. The molecule has 8 heteroatoms. The van der Waals surface area contributed by atoms with E-state index in [2.05, 4.69) is 4.98 Å². The van der Waals surface area contributed by atoms with Crippen LogP contribution in [-0.4, -0.2) is 40.1 Å². The molecule has 0 radical (unpaired) electrons. The number of ether oxygens (including phenoxy) is 1. The number of rotatable bonds is 4. The van der Waals surface area contributed by atoms with E-state index in [1.165, 1.54) is 25.3 Å². The number of esters is 1. The van der Waals surface area contributed by atoms with E-state index in [-0.39, 0.29) is 11.9 Å². The predicted octanol–water partition coefficient (Wildman–Crippen LogP) is 5.46. The second kappa shape index (κ2) is 9.66. The van der Waals surface area contributed by atoms with E-state index in [0.29, 0.717) is 26.3 Å². The van der Waals surface area contributed by atoms with Gasteiger partial charge in [-0.05, 0) is 54.4 Å². The number of halogens is 1. The molecule has 0 unspecified atom stereocenters. The summed E-state index contributed by atoms with van der Waals surface area (Å²) in [5.74, 6) is -0.435. The van der Waals surface area contributed by atoms with Crippen molar-refractivity contribution in [3.63, 3.8) is 0 Å². The van der Waals surface area contributed by atoms with Crippen molar-refractivity contribution in [1.82, 2.24) is 9.88 Å². The van der Waals surface area contributed by atoms with Gasteiger partial charge in [0, 0.05) is 18.4 Å². The van der Waals surface area contributed by atoms with Crippen LogP contribution < -0.4 is 0 Å². The summed E-state index contributed by atoms with van der Waals surface area (Å²) in [6.45, 7) is 0. The molecule has 0 N–H and O–H groups in total. The monoisotopic (exact) mass is 455 g/mol. The summed E-state index contributed by atoms with van der Waals surface area (Å²) >= 11 is 7.61. The first-order chi connectivity index (χ1) is 15.1. The van der Waals surface area contributed by atoms with Crippen LogP contribution in [0.4, 0.5) is 5.69 Å². The number of aliphatic imine (C=N–C) groups is 1. The Morgan fingerprint density at radius 3 is 2.65 bits per heavy atom. The number of pyridine rings is 1. The quantitative estimate of drug-likeness (QED) is 0.452. The Balaban J connectivity index is 1.67. The first kappa shape index (κ1) is 21.6. The van der Waals surface area contributed by atoms with Crippen LogP contribution in [0.3, 0.4) is 0 Å². The number of aromatic nitrogens is 1. The number of carbonyl (C=O) groups is 2. The lowest BCUT2D eigenvalue weighted by Gasteiger charge is -2.30. The summed E-state index contributed by atoms with van der Waals surface area (Å²) in [7, 11) is 1.35. The maximum absolute atomic E-state index is 13.4. The van der Waals surface area contributed by atoms with E-state index in [0.717, 1.165) is 31.2 Å². The minimum absolute atomic E-state index is 0.0436. The lowest BCUT2D eigenvalue weighted by molar-refractivity contribution is -0.124. The van der Waals surface area contributed by atoms with Gasteiger partial charge in [-0.25, -0.2) is 9.79 Å². The highest BCUT2D eigenvalue weighted by atomic mass is 35.5. The Kier molecular flexibility index (Phi) is 6.73. The van der Waals surface area contributed by atoms with Gasteiger partial charge in [0.25, 0.3) is 5.91 Å². The van der Waals surface area contributed by atoms with Gasteiger partial charge in [-0.3, -0.25) is 14.7 Å². The molecule has 0 atom stereocenters. The van der Waals surface area contributed by atoms with E-state index in [1.807, 2.05) is 11.0 Å². The number of amidine groups is 1. The van der Waals surface area contributed by atoms with Crippen molar-refractivity contribution in [1.29, 1.82) is 0 Å². The first-order valence-corrected chi connectivity index (χ1v) is 11.4. The van der Waals surface area contributed by atoms with Crippen molar-refractivity contribution in [2.45, 2.75) is 38.1 Å². The minimum atomic E-state index is -0.391. The molecule has 1 aromatic carbocycles. The van der Waals surface area contributed by atoms with Crippen LogP contribution >= 0.6 is 23.4 Å². The lowest BCUT2D eigenvalue weighted by Crippen LogP contribution is -2.40. The van der Waals surface area contributed by atoms with E-state index in [4.69, 9.17) is 21.3 Å². The van der Waals surface area contributed by atoms with Crippen molar-refractivity contribution in [2.75, 3.05) is 7.11 Å². The van der Waals surface area contributed by atoms with Crippen LogP contribution in [0.25, 0.3) is 6.08 Å². The lowest BCUT2D eigenvalue weighted by atomic mass is 9.94. The van der Waals surface area contributed by atoms with Crippen molar-refractivity contribution in [3.8, 4) is 0 Å². The molecule has 0 bridgehead atoms. The number of thioether (sulfide) groups is 1. The summed E-state index contributed by atoms with van der Waals surface area (Å²) in [4.78, 5) is 36.2. The molecule has 2 aromatic rings. The smallest absolute Gasteiger partial charge is 0.337 e. The normalized spacial score (nSPS) is 19.9. The third kappa shape index (κ3) is 4.83. The maximum atomic E-state index is 13.4. The SMILES string of the molecule is COC(=O)c1ccc(/C=C2\SC(=Nc3ccncc3Cl)N(C3CCCCC3)C2=O)cc1. The molecule has 1 saturated carbocycles. The molecule has 2 heterocycles. The van der Waals surface area contributed by atoms with Crippen LogP contribution in [0.1, 0.15) is 48.0 Å². The average Bonchev–Trinajstić information content (AvgIpc) is 3.10. The standard InChI is InChI=1S/C23H22ClN3O3S/c1-30-22(29)16-9-7-15(8-10-16)13-20-21(28)27(17-5-3-2-4-6-17)23(31-20)26-19-11-12-25-14-18(19)24/h7-14,17H,2-6H2,1H3/b20-13-,26-23?. The van der Waals surface area contributed by atoms with Crippen molar-refractivity contribution >= 4 is 52.2 Å². The fourth-order valence-electron chi connectivity index (χ4n) is 3.77. The second-order valence-electron chi connectivity index (χ2n) is 7.41. The molecule has 0 spiro atoms. The molecular weight excluding hydrogens is 434 g/mol.